The van der Waals surface area contributed by atoms with Crippen LogP contribution in [-0.4, -0.2) is 16.9 Å². The van der Waals surface area contributed by atoms with E-state index < -0.39 is 0 Å². The van der Waals surface area contributed by atoms with Crippen LogP contribution in [0.15, 0.2) is 41.0 Å². The number of aromatic nitrogens is 1. The molecule has 1 amide bonds. The van der Waals surface area contributed by atoms with Crippen molar-refractivity contribution in [1.29, 1.82) is 0 Å². The molecule has 2 aromatic rings. The minimum atomic E-state index is -0.204. The van der Waals surface area contributed by atoms with Crippen LogP contribution in [0.2, 0.25) is 0 Å². The number of rotatable bonds is 4. The van der Waals surface area contributed by atoms with Gasteiger partial charge in [-0.1, -0.05) is 18.9 Å². The molecular formula is C18H20BrN3O. The number of carbonyl (C=O) groups is 1. The largest absolute Gasteiger partial charge is 0.382 e. The molecule has 1 aliphatic carbocycles. The number of pyridine rings is 1. The van der Waals surface area contributed by atoms with Crippen LogP contribution in [0, 0.1) is 6.92 Å². The lowest BCUT2D eigenvalue weighted by Gasteiger charge is -2.14. The number of benzene rings is 1. The molecule has 4 nitrogen and oxygen atoms in total. The summed E-state index contributed by atoms with van der Waals surface area (Å²) in [6.07, 6.45) is 6.62. The van der Waals surface area contributed by atoms with E-state index in [0.717, 1.165) is 21.4 Å². The fraction of sp³-hybridized carbons (Fsp3) is 0.333. The normalized spacial score (nSPS) is 14.7. The zero-order valence-electron chi connectivity index (χ0n) is 13.1. The van der Waals surface area contributed by atoms with E-state index in [9.17, 15) is 4.79 Å². The second-order valence-electron chi connectivity index (χ2n) is 5.99. The van der Waals surface area contributed by atoms with Crippen molar-refractivity contribution in [1.82, 2.24) is 4.98 Å². The number of nitrogens with zero attached hydrogens (tertiary/aromatic N) is 1. The molecule has 1 aromatic carbocycles. The topological polar surface area (TPSA) is 54.0 Å². The molecule has 5 heteroatoms. The number of hydrogen-bond acceptors (Lipinski definition) is 3. The highest BCUT2D eigenvalue weighted by atomic mass is 79.9. The number of nitrogens with one attached hydrogen (secondary N) is 2. The first-order valence-corrected chi connectivity index (χ1v) is 8.71. The Kier molecular flexibility index (Phi) is 4.96. The van der Waals surface area contributed by atoms with Crippen molar-refractivity contribution in [2.45, 2.75) is 38.6 Å². The van der Waals surface area contributed by atoms with E-state index in [1.807, 2.05) is 37.3 Å². The molecule has 0 bridgehead atoms. The zero-order valence-corrected chi connectivity index (χ0v) is 14.7. The Morgan fingerprint density at radius 1 is 1.22 bits per heavy atom. The lowest BCUT2D eigenvalue weighted by molar-refractivity contribution is 0.102. The second-order valence-corrected chi connectivity index (χ2v) is 6.85. The van der Waals surface area contributed by atoms with Gasteiger partial charge in [-0.2, -0.15) is 0 Å². The Morgan fingerprint density at radius 3 is 2.74 bits per heavy atom. The van der Waals surface area contributed by atoms with Gasteiger partial charge in [0.1, 0.15) is 5.69 Å². The van der Waals surface area contributed by atoms with Crippen molar-refractivity contribution in [2.24, 2.45) is 0 Å². The van der Waals surface area contributed by atoms with Crippen LogP contribution in [0.3, 0.4) is 0 Å². The monoisotopic (exact) mass is 373 g/mol. The number of anilines is 2. The van der Waals surface area contributed by atoms with E-state index in [0.29, 0.717) is 11.7 Å². The summed E-state index contributed by atoms with van der Waals surface area (Å²) in [7, 11) is 0. The van der Waals surface area contributed by atoms with Gasteiger partial charge >= 0.3 is 0 Å². The number of amides is 1. The van der Waals surface area contributed by atoms with Crippen LogP contribution in [0.5, 0.6) is 0 Å². The predicted molar refractivity (Wildman–Crippen MR) is 96.9 cm³/mol. The summed E-state index contributed by atoms with van der Waals surface area (Å²) in [6.45, 7) is 2.01. The first-order chi connectivity index (χ1) is 11.1. The summed E-state index contributed by atoms with van der Waals surface area (Å²) in [5.74, 6) is -0.204. The van der Waals surface area contributed by atoms with Gasteiger partial charge in [0, 0.05) is 22.4 Å². The second kappa shape index (κ2) is 7.13. The molecule has 0 spiro atoms. The summed E-state index contributed by atoms with van der Waals surface area (Å²) in [6, 6.07) is 10.1. The highest BCUT2D eigenvalue weighted by Gasteiger charge is 2.16. The van der Waals surface area contributed by atoms with Gasteiger partial charge in [0.05, 0.1) is 5.69 Å². The van der Waals surface area contributed by atoms with E-state index in [4.69, 9.17) is 0 Å². The number of halogens is 1. The third kappa shape index (κ3) is 4.10. The van der Waals surface area contributed by atoms with Gasteiger partial charge in [-0.3, -0.25) is 9.78 Å². The predicted octanol–water partition coefficient (Wildman–Crippen LogP) is 4.76. The smallest absolute Gasteiger partial charge is 0.274 e. The van der Waals surface area contributed by atoms with E-state index in [-0.39, 0.29) is 5.91 Å². The van der Waals surface area contributed by atoms with Gasteiger partial charge in [-0.25, -0.2) is 0 Å². The quantitative estimate of drug-likeness (QED) is 0.811. The Morgan fingerprint density at radius 2 is 2.00 bits per heavy atom. The molecule has 3 rings (SSSR count). The molecule has 1 saturated carbocycles. The SMILES string of the molecule is Cc1ccc(NC(=O)c2cc(NC3CCCC3)ccn2)c(Br)c1. The molecule has 0 aliphatic heterocycles. The Hall–Kier alpha value is -1.88. The van der Waals surface area contributed by atoms with E-state index in [1.165, 1.54) is 25.7 Å². The van der Waals surface area contributed by atoms with E-state index >= 15 is 0 Å². The molecule has 0 saturated heterocycles. The molecule has 23 heavy (non-hydrogen) atoms. The minimum Gasteiger partial charge on any atom is -0.382 e. The van der Waals surface area contributed by atoms with E-state index in [2.05, 4.69) is 31.5 Å². The first kappa shape index (κ1) is 16.0. The molecule has 0 unspecified atom stereocenters. The Labute approximate surface area is 144 Å². The number of carbonyl (C=O) groups excluding carboxylic acids is 1. The molecule has 1 aromatic heterocycles. The van der Waals surface area contributed by atoms with Gasteiger partial charge in [0.2, 0.25) is 0 Å². The van der Waals surface area contributed by atoms with Crippen molar-refractivity contribution < 1.29 is 4.79 Å². The van der Waals surface area contributed by atoms with Crippen LogP contribution in [0.1, 0.15) is 41.7 Å². The first-order valence-electron chi connectivity index (χ1n) is 7.92. The maximum Gasteiger partial charge on any atom is 0.274 e. The third-order valence-electron chi connectivity index (χ3n) is 4.09. The average molecular weight is 374 g/mol. The number of aryl methyl sites for hydroxylation is 1. The molecule has 1 fully saturated rings. The Bertz CT molecular complexity index is 711. The van der Waals surface area contributed by atoms with Crippen LogP contribution in [-0.2, 0) is 0 Å². The summed E-state index contributed by atoms with van der Waals surface area (Å²) in [4.78, 5) is 16.6. The van der Waals surface area contributed by atoms with Gasteiger partial charge < -0.3 is 10.6 Å². The van der Waals surface area contributed by atoms with Crippen molar-refractivity contribution in [3.8, 4) is 0 Å². The van der Waals surface area contributed by atoms with Crippen molar-refractivity contribution >= 4 is 33.2 Å². The maximum absolute atomic E-state index is 12.4. The number of hydrogen-bond donors (Lipinski definition) is 2. The molecule has 0 radical (unpaired) electrons. The molecule has 120 valence electrons. The van der Waals surface area contributed by atoms with Gasteiger partial charge in [0.25, 0.3) is 5.91 Å². The molecule has 1 aliphatic rings. The van der Waals surface area contributed by atoms with Crippen molar-refractivity contribution in [3.63, 3.8) is 0 Å². The fourth-order valence-corrected chi connectivity index (χ4v) is 3.45. The summed E-state index contributed by atoms with van der Waals surface area (Å²) in [5.41, 5.74) is 3.26. The van der Waals surface area contributed by atoms with Gasteiger partial charge in [0.15, 0.2) is 0 Å². The molecule has 1 heterocycles. The fourth-order valence-electron chi connectivity index (χ4n) is 2.86. The average Bonchev–Trinajstić information content (AvgIpc) is 3.03. The van der Waals surface area contributed by atoms with E-state index in [1.54, 1.807) is 6.20 Å². The van der Waals surface area contributed by atoms with Crippen LogP contribution >= 0.6 is 15.9 Å². The van der Waals surface area contributed by atoms with Crippen LogP contribution in [0.4, 0.5) is 11.4 Å². The summed E-state index contributed by atoms with van der Waals surface area (Å²) < 4.78 is 0.867. The highest BCUT2D eigenvalue weighted by Crippen LogP contribution is 2.25. The molecule has 0 atom stereocenters. The standard InChI is InChI=1S/C18H20BrN3O/c1-12-6-7-16(15(19)10-12)22-18(23)17-11-14(8-9-20-17)21-13-4-2-3-5-13/h6-11,13H,2-5H2,1H3,(H,20,21)(H,22,23). The van der Waals surface area contributed by atoms with Gasteiger partial charge in [-0.05, 0) is 65.5 Å². The highest BCUT2D eigenvalue weighted by molar-refractivity contribution is 9.10. The lowest BCUT2D eigenvalue weighted by atomic mass is 10.2. The maximum atomic E-state index is 12.4. The third-order valence-corrected chi connectivity index (χ3v) is 4.75. The minimum absolute atomic E-state index is 0.204. The van der Waals surface area contributed by atoms with Crippen molar-refractivity contribution in [2.75, 3.05) is 10.6 Å². The Balaban J connectivity index is 1.71. The molecular weight excluding hydrogens is 354 g/mol. The van der Waals surface area contributed by atoms with Gasteiger partial charge in [-0.15, -0.1) is 0 Å². The lowest BCUT2D eigenvalue weighted by Crippen LogP contribution is -2.17. The van der Waals surface area contributed by atoms with Crippen LogP contribution < -0.4 is 10.6 Å². The summed E-state index contributed by atoms with van der Waals surface area (Å²) in [5, 5.41) is 6.39. The molecule has 2 N–H and O–H groups in total. The van der Waals surface area contributed by atoms with Crippen LogP contribution in [0.25, 0.3) is 0 Å². The van der Waals surface area contributed by atoms with Crippen molar-refractivity contribution in [3.05, 3.63) is 52.3 Å². The zero-order chi connectivity index (χ0) is 16.2. The summed E-state index contributed by atoms with van der Waals surface area (Å²) >= 11 is 3.47.